The first kappa shape index (κ1) is 23.0. The highest BCUT2D eigenvalue weighted by Gasteiger charge is 2.76. The maximum atomic E-state index is 13.6. The lowest BCUT2D eigenvalue weighted by atomic mass is 9.89. The predicted octanol–water partition coefficient (Wildman–Crippen LogP) is 3.61. The highest BCUT2D eigenvalue weighted by molar-refractivity contribution is 5.85. The number of carbonyl (C=O) groups is 2. The van der Waals surface area contributed by atoms with Gasteiger partial charge in [0, 0.05) is 12.1 Å². The molecule has 4 nitrogen and oxygen atoms in total. The van der Waals surface area contributed by atoms with Crippen LogP contribution in [0.4, 0.5) is 30.7 Å². The van der Waals surface area contributed by atoms with Gasteiger partial charge in [-0.25, -0.2) is 0 Å². The van der Waals surface area contributed by atoms with E-state index in [2.05, 4.69) is 5.32 Å². The van der Waals surface area contributed by atoms with Crippen LogP contribution in [-0.4, -0.2) is 41.9 Å². The number of hydrogen-bond donors (Lipinski definition) is 2. The number of rotatable bonds is 6. The van der Waals surface area contributed by atoms with Crippen molar-refractivity contribution in [1.29, 1.82) is 0 Å². The molecule has 0 unspecified atom stereocenters. The molecule has 0 heterocycles. The molecule has 0 saturated heterocycles. The minimum Gasteiger partial charge on any atom is -0.351 e. The van der Waals surface area contributed by atoms with Crippen molar-refractivity contribution in [3.63, 3.8) is 0 Å². The molecule has 162 valence electrons. The summed E-state index contributed by atoms with van der Waals surface area (Å²) < 4.78 is 90.0. The topological polar surface area (TPSA) is 58.2 Å². The first-order chi connectivity index (χ1) is 13.4. The number of carbonyl (C=O) groups excluding carboxylic acids is 2. The van der Waals surface area contributed by atoms with Crippen LogP contribution in [0.2, 0.25) is 0 Å². The van der Waals surface area contributed by atoms with Crippen molar-refractivity contribution in [3.8, 4) is 0 Å². The van der Waals surface area contributed by atoms with Gasteiger partial charge in [0.15, 0.2) is 0 Å². The summed E-state index contributed by atoms with van der Waals surface area (Å²) in [5.74, 6) is -15.7. The summed E-state index contributed by atoms with van der Waals surface area (Å²) in [5, 5.41) is 4.11. The summed E-state index contributed by atoms with van der Waals surface area (Å²) in [6.07, 6.45) is -5.33. The van der Waals surface area contributed by atoms with Gasteiger partial charge in [0.05, 0.1) is 6.42 Å². The molecule has 1 saturated carbocycles. The Kier molecular flexibility index (Phi) is 6.79. The van der Waals surface area contributed by atoms with Crippen LogP contribution in [0.3, 0.4) is 0 Å². The number of alkyl halides is 7. The zero-order valence-corrected chi connectivity index (χ0v) is 15.0. The smallest absolute Gasteiger partial charge is 0.351 e. The molecule has 1 aliphatic rings. The largest absolute Gasteiger partial charge is 0.460 e. The summed E-state index contributed by atoms with van der Waals surface area (Å²) in [5.41, 5.74) is 0.665. The Bertz CT molecular complexity index is 723. The van der Waals surface area contributed by atoms with E-state index in [-0.39, 0.29) is 19.3 Å². The van der Waals surface area contributed by atoms with Crippen LogP contribution in [0.5, 0.6) is 0 Å². The number of halogens is 7. The fourth-order valence-electron chi connectivity index (χ4n) is 3.10. The molecular formula is C18H19F7N2O2. The second kappa shape index (κ2) is 8.58. The molecule has 1 aromatic carbocycles. The molecule has 1 fully saturated rings. The molecule has 0 bridgehead atoms. The second-order valence-corrected chi connectivity index (χ2v) is 6.85. The van der Waals surface area contributed by atoms with Crippen molar-refractivity contribution in [2.45, 2.75) is 62.2 Å². The Balaban J connectivity index is 2.05. The van der Waals surface area contributed by atoms with E-state index in [4.69, 9.17) is 0 Å². The average molecular weight is 428 g/mol. The van der Waals surface area contributed by atoms with Crippen molar-refractivity contribution in [2.24, 2.45) is 0 Å². The first-order valence-corrected chi connectivity index (χ1v) is 8.83. The zero-order chi connectivity index (χ0) is 21.9. The normalized spacial score (nSPS) is 20.8. The van der Waals surface area contributed by atoms with Crippen LogP contribution in [-0.2, 0) is 16.0 Å². The van der Waals surface area contributed by atoms with Crippen molar-refractivity contribution >= 4 is 11.8 Å². The maximum Gasteiger partial charge on any atom is 0.460 e. The third kappa shape index (κ3) is 5.18. The molecule has 2 atom stereocenters. The molecule has 0 spiro atoms. The van der Waals surface area contributed by atoms with Gasteiger partial charge in [-0.3, -0.25) is 9.59 Å². The fourth-order valence-corrected chi connectivity index (χ4v) is 3.10. The minimum atomic E-state index is -6.59. The molecule has 1 aromatic rings. The molecule has 0 aliphatic heterocycles. The third-order valence-electron chi connectivity index (χ3n) is 4.67. The van der Waals surface area contributed by atoms with Gasteiger partial charge in [-0.05, 0) is 18.4 Å². The standard InChI is InChI=1S/C18H19F7N2O2/c19-16(20,17(21,22)18(23,24)25)15(29)27-13-9-5-4-8-12(13)26-14(28)10-11-6-2-1-3-7-11/h1-3,6-7,12-13H,4-5,8-10H2,(H,26,28)(H,27,29)/t12-,13-/m1/s1. The van der Waals surface area contributed by atoms with E-state index in [9.17, 15) is 40.3 Å². The van der Waals surface area contributed by atoms with E-state index in [0.717, 1.165) is 0 Å². The molecule has 11 heteroatoms. The van der Waals surface area contributed by atoms with Crippen molar-refractivity contribution in [3.05, 3.63) is 35.9 Å². The molecule has 2 rings (SSSR count). The number of amides is 2. The Hall–Kier alpha value is -2.33. The van der Waals surface area contributed by atoms with Crippen molar-refractivity contribution in [2.75, 3.05) is 0 Å². The number of nitrogens with one attached hydrogen (secondary N) is 2. The van der Waals surface area contributed by atoms with Gasteiger partial charge in [0.1, 0.15) is 0 Å². The van der Waals surface area contributed by atoms with E-state index in [1.807, 2.05) is 0 Å². The van der Waals surface area contributed by atoms with Gasteiger partial charge in [-0.15, -0.1) is 0 Å². The quantitative estimate of drug-likeness (QED) is 0.681. The lowest BCUT2D eigenvalue weighted by Crippen LogP contribution is -2.63. The second-order valence-electron chi connectivity index (χ2n) is 6.85. The highest BCUT2D eigenvalue weighted by atomic mass is 19.4. The summed E-state index contributed by atoms with van der Waals surface area (Å²) in [4.78, 5) is 23.8. The van der Waals surface area contributed by atoms with Crippen LogP contribution >= 0.6 is 0 Å². The molecular weight excluding hydrogens is 409 g/mol. The van der Waals surface area contributed by atoms with Crippen LogP contribution in [0.25, 0.3) is 0 Å². The van der Waals surface area contributed by atoms with Crippen molar-refractivity contribution < 1.29 is 40.3 Å². The Morgan fingerprint density at radius 3 is 1.90 bits per heavy atom. The molecule has 2 N–H and O–H groups in total. The molecule has 0 aromatic heterocycles. The first-order valence-electron chi connectivity index (χ1n) is 8.83. The van der Waals surface area contributed by atoms with Gasteiger partial charge >= 0.3 is 18.0 Å². The maximum absolute atomic E-state index is 13.6. The molecule has 2 amide bonds. The zero-order valence-electron chi connectivity index (χ0n) is 15.0. The van der Waals surface area contributed by atoms with Gasteiger partial charge in [0.25, 0.3) is 5.91 Å². The Morgan fingerprint density at radius 2 is 1.38 bits per heavy atom. The minimum absolute atomic E-state index is 0.0414. The van der Waals surface area contributed by atoms with E-state index in [0.29, 0.717) is 18.4 Å². The van der Waals surface area contributed by atoms with Crippen LogP contribution in [0, 0.1) is 0 Å². The van der Waals surface area contributed by atoms with Crippen LogP contribution in [0.1, 0.15) is 31.2 Å². The lowest BCUT2D eigenvalue weighted by Gasteiger charge is -2.35. The predicted molar refractivity (Wildman–Crippen MR) is 88.4 cm³/mol. The van der Waals surface area contributed by atoms with Crippen LogP contribution < -0.4 is 10.6 Å². The summed E-state index contributed by atoms with van der Waals surface area (Å²) in [6, 6.07) is 6.46. The van der Waals surface area contributed by atoms with E-state index in [1.165, 1.54) is 0 Å². The number of hydrogen-bond acceptors (Lipinski definition) is 2. The molecule has 0 radical (unpaired) electrons. The highest BCUT2D eigenvalue weighted by Crippen LogP contribution is 2.46. The van der Waals surface area contributed by atoms with Crippen LogP contribution in [0.15, 0.2) is 30.3 Å². The lowest BCUT2D eigenvalue weighted by molar-refractivity contribution is -0.344. The van der Waals surface area contributed by atoms with Gasteiger partial charge in [0.2, 0.25) is 5.91 Å². The SMILES string of the molecule is O=C(Cc1ccccc1)N[C@@H]1CCCC[C@H]1NC(=O)C(F)(F)C(F)(F)C(F)(F)F. The molecule has 1 aliphatic carbocycles. The molecule has 29 heavy (non-hydrogen) atoms. The number of benzene rings is 1. The average Bonchev–Trinajstić information content (AvgIpc) is 2.63. The third-order valence-corrected chi connectivity index (χ3v) is 4.67. The monoisotopic (exact) mass is 428 g/mol. The Morgan fingerprint density at radius 1 is 0.862 bits per heavy atom. The fraction of sp³-hybridized carbons (Fsp3) is 0.556. The Labute approximate surface area is 161 Å². The van der Waals surface area contributed by atoms with E-state index >= 15 is 0 Å². The van der Waals surface area contributed by atoms with Gasteiger partial charge in [-0.1, -0.05) is 43.2 Å². The van der Waals surface area contributed by atoms with Gasteiger partial charge < -0.3 is 10.6 Å². The van der Waals surface area contributed by atoms with E-state index in [1.54, 1.807) is 35.6 Å². The summed E-state index contributed by atoms with van der Waals surface area (Å²) in [6.45, 7) is 0. The van der Waals surface area contributed by atoms with Gasteiger partial charge in [-0.2, -0.15) is 30.7 Å². The summed E-state index contributed by atoms with van der Waals surface area (Å²) in [7, 11) is 0. The summed E-state index contributed by atoms with van der Waals surface area (Å²) >= 11 is 0. The van der Waals surface area contributed by atoms with Crippen molar-refractivity contribution in [1.82, 2.24) is 10.6 Å². The van der Waals surface area contributed by atoms with E-state index < -0.39 is 41.9 Å².